The summed E-state index contributed by atoms with van der Waals surface area (Å²) in [6.45, 7) is 5.52. The van der Waals surface area contributed by atoms with Crippen LogP contribution in [0.4, 0.5) is 4.39 Å². The van der Waals surface area contributed by atoms with E-state index in [0.29, 0.717) is 5.57 Å². The first kappa shape index (κ1) is 12.9. The molecule has 0 bridgehead atoms. The zero-order chi connectivity index (χ0) is 12.3. The predicted molar refractivity (Wildman–Crippen MR) is 61.0 cm³/mol. The van der Waals surface area contributed by atoms with Gasteiger partial charge in [0.1, 0.15) is 10.7 Å². The normalized spacial score (nSPS) is 11.8. The Hall–Kier alpha value is -1.20. The fourth-order valence-corrected chi connectivity index (χ4v) is 2.58. The van der Waals surface area contributed by atoms with Crippen LogP contribution in [0.2, 0.25) is 0 Å². The molecule has 0 aliphatic heterocycles. The van der Waals surface area contributed by atoms with E-state index in [2.05, 4.69) is 6.58 Å². The van der Waals surface area contributed by atoms with Gasteiger partial charge in [-0.3, -0.25) is 0 Å². The maximum absolute atomic E-state index is 13.4. The minimum Gasteiger partial charge on any atom is -0.207 e. The average Bonchev–Trinajstić information content (AvgIpc) is 2.16. The molecule has 0 aromatic heterocycles. The van der Waals surface area contributed by atoms with E-state index in [9.17, 15) is 12.8 Å². The Bertz CT molecular complexity index is 496. The van der Waals surface area contributed by atoms with Crippen LogP contribution < -0.4 is 0 Å². The van der Waals surface area contributed by atoms with Gasteiger partial charge >= 0.3 is 0 Å². The standard InChI is InChI=1S/C11H14FNO2S/c1-9(2)8-13(3)16(14,15)11-7-5-4-6-10(11)12/h4-7H,1,8H2,2-3H3. The molecule has 0 saturated carbocycles. The van der Waals surface area contributed by atoms with Crippen LogP contribution in [0.15, 0.2) is 41.3 Å². The van der Waals surface area contributed by atoms with Crippen molar-refractivity contribution in [1.82, 2.24) is 4.31 Å². The number of hydrogen-bond donors (Lipinski definition) is 0. The Morgan fingerprint density at radius 3 is 2.50 bits per heavy atom. The third-order valence-electron chi connectivity index (χ3n) is 2.02. The number of nitrogens with zero attached hydrogens (tertiary/aromatic N) is 1. The quantitative estimate of drug-likeness (QED) is 0.759. The molecule has 0 heterocycles. The molecule has 1 aromatic carbocycles. The predicted octanol–water partition coefficient (Wildman–Crippen LogP) is 2.02. The molecule has 16 heavy (non-hydrogen) atoms. The molecule has 1 rings (SSSR count). The Morgan fingerprint density at radius 2 is 2.00 bits per heavy atom. The van der Waals surface area contributed by atoms with Gasteiger partial charge in [0, 0.05) is 13.6 Å². The third-order valence-corrected chi connectivity index (χ3v) is 3.85. The summed E-state index contributed by atoms with van der Waals surface area (Å²) in [6.07, 6.45) is 0. The van der Waals surface area contributed by atoms with E-state index in [1.54, 1.807) is 6.92 Å². The van der Waals surface area contributed by atoms with Gasteiger partial charge < -0.3 is 0 Å². The minimum atomic E-state index is -3.77. The summed E-state index contributed by atoms with van der Waals surface area (Å²) >= 11 is 0. The van der Waals surface area contributed by atoms with E-state index >= 15 is 0 Å². The van der Waals surface area contributed by atoms with Crippen LogP contribution in [0, 0.1) is 5.82 Å². The highest BCUT2D eigenvalue weighted by Crippen LogP contribution is 2.18. The van der Waals surface area contributed by atoms with Crippen molar-refractivity contribution < 1.29 is 12.8 Å². The molecule has 3 nitrogen and oxygen atoms in total. The smallest absolute Gasteiger partial charge is 0.207 e. The molecule has 0 saturated heterocycles. The van der Waals surface area contributed by atoms with Crippen molar-refractivity contribution in [2.45, 2.75) is 11.8 Å². The van der Waals surface area contributed by atoms with Gasteiger partial charge in [-0.2, -0.15) is 4.31 Å². The van der Waals surface area contributed by atoms with E-state index in [1.807, 2.05) is 0 Å². The molecule has 0 aliphatic carbocycles. The van der Waals surface area contributed by atoms with Gasteiger partial charge in [-0.25, -0.2) is 12.8 Å². The highest BCUT2D eigenvalue weighted by Gasteiger charge is 2.23. The van der Waals surface area contributed by atoms with Gasteiger partial charge in [0.2, 0.25) is 10.0 Å². The second kappa shape index (κ2) is 4.76. The zero-order valence-electron chi connectivity index (χ0n) is 9.27. The van der Waals surface area contributed by atoms with Crippen LogP contribution in [0.25, 0.3) is 0 Å². The summed E-state index contributed by atoms with van der Waals surface area (Å²) in [5, 5.41) is 0. The fourth-order valence-electron chi connectivity index (χ4n) is 1.29. The van der Waals surface area contributed by atoms with E-state index in [1.165, 1.54) is 25.2 Å². The molecule has 0 radical (unpaired) electrons. The number of sulfonamides is 1. The SMILES string of the molecule is C=C(C)CN(C)S(=O)(=O)c1ccccc1F. The van der Waals surface area contributed by atoms with Gasteiger partial charge in [0.15, 0.2) is 0 Å². The van der Waals surface area contributed by atoms with Crippen molar-refractivity contribution in [3.8, 4) is 0 Å². The fraction of sp³-hybridized carbons (Fsp3) is 0.273. The first-order valence-corrected chi connectivity index (χ1v) is 6.15. The Labute approximate surface area is 95.3 Å². The van der Waals surface area contributed by atoms with Gasteiger partial charge in [-0.1, -0.05) is 24.3 Å². The molecule has 0 aliphatic rings. The van der Waals surface area contributed by atoms with Crippen molar-refractivity contribution in [2.75, 3.05) is 13.6 Å². The van der Waals surface area contributed by atoms with Gasteiger partial charge in [-0.05, 0) is 19.1 Å². The van der Waals surface area contributed by atoms with Crippen LogP contribution in [0.5, 0.6) is 0 Å². The Morgan fingerprint density at radius 1 is 1.44 bits per heavy atom. The molecule has 0 unspecified atom stereocenters. The number of halogens is 1. The molecule has 0 N–H and O–H groups in total. The molecule has 1 aromatic rings. The summed E-state index contributed by atoms with van der Waals surface area (Å²) in [5.74, 6) is -0.740. The summed E-state index contributed by atoms with van der Waals surface area (Å²) < 4.78 is 38.3. The first-order valence-electron chi connectivity index (χ1n) is 4.71. The highest BCUT2D eigenvalue weighted by atomic mass is 32.2. The molecule has 88 valence electrons. The van der Waals surface area contributed by atoms with Crippen molar-refractivity contribution in [2.24, 2.45) is 0 Å². The monoisotopic (exact) mass is 243 g/mol. The summed E-state index contributed by atoms with van der Waals surface area (Å²) in [4.78, 5) is -0.307. The lowest BCUT2D eigenvalue weighted by molar-refractivity contribution is 0.484. The Balaban J connectivity index is 3.12. The maximum atomic E-state index is 13.4. The van der Waals surface area contributed by atoms with E-state index in [-0.39, 0.29) is 11.4 Å². The molecule has 0 spiro atoms. The van der Waals surface area contributed by atoms with Gasteiger partial charge in [0.05, 0.1) is 0 Å². The van der Waals surface area contributed by atoms with E-state index < -0.39 is 15.8 Å². The molecular formula is C11H14FNO2S. The number of rotatable bonds is 4. The molecule has 0 atom stereocenters. The summed E-state index contributed by atoms with van der Waals surface area (Å²) in [7, 11) is -2.37. The lowest BCUT2D eigenvalue weighted by Crippen LogP contribution is -2.29. The summed E-state index contributed by atoms with van der Waals surface area (Å²) in [5.41, 5.74) is 0.697. The summed E-state index contributed by atoms with van der Waals surface area (Å²) in [6, 6.07) is 5.32. The molecule has 0 fully saturated rings. The van der Waals surface area contributed by atoms with Crippen molar-refractivity contribution in [3.63, 3.8) is 0 Å². The maximum Gasteiger partial charge on any atom is 0.246 e. The minimum absolute atomic E-state index is 0.177. The van der Waals surface area contributed by atoms with Crippen LogP contribution >= 0.6 is 0 Å². The first-order chi connectivity index (χ1) is 7.35. The van der Waals surface area contributed by atoms with Crippen molar-refractivity contribution in [3.05, 3.63) is 42.2 Å². The second-order valence-electron chi connectivity index (χ2n) is 3.65. The van der Waals surface area contributed by atoms with Gasteiger partial charge in [0.25, 0.3) is 0 Å². The van der Waals surface area contributed by atoms with Crippen LogP contribution in [-0.4, -0.2) is 26.3 Å². The molecule has 0 amide bonds. The van der Waals surface area contributed by atoms with Crippen molar-refractivity contribution >= 4 is 10.0 Å². The lowest BCUT2D eigenvalue weighted by atomic mass is 10.3. The van der Waals surface area contributed by atoms with Crippen LogP contribution in [0.1, 0.15) is 6.92 Å². The van der Waals surface area contributed by atoms with Gasteiger partial charge in [-0.15, -0.1) is 0 Å². The number of benzene rings is 1. The van der Waals surface area contributed by atoms with E-state index in [0.717, 1.165) is 10.4 Å². The number of hydrogen-bond acceptors (Lipinski definition) is 2. The van der Waals surface area contributed by atoms with Crippen LogP contribution in [0.3, 0.4) is 0 Å². The Kier molecular flexibility index (Phi) is 3.83. The van der Waals surface area contributed by atoms with Crippen LogP contribution in [-0.2, 0) is 10.0 Å². The molecule has 5 heteroatoms. The highest BCUT2D eigenvalue weighted by molar-refractivity contribution is 7.89. The van der Waals surface area contributed by atoms with Crippen molar-refractivity contribution in [1.29, 1.82) is 0 Å². The largest absolute Gasteiger partial charge is 0.246 e. The second-order valence-corrected chi connectivity index (χ2v) is 5.66. The zero-order valence-corrected chi connectivity index (χ0v) is 10.1. The molecular weight excluding hydrogens is 229 g/mol. The topological polar surface area (TPSA) is 37.4 Å². The third kappa shape index (κ3) is 2.68. The lowest BCUT2D eigenvalue weighted by Gasteiger charge is -2.17. The average molecular weight is 243 g/mol. The number of likely N-dealkylation sites (N-methyl/N-ethyl adjacent to an activating group) is 1. The van der Waals surface area contributed by atoms with E-state index in [4.69, 9.17) is 0 Å².